The van der Waals surface area contributed by atoms with Gasteiger partial charge >= 0.3 is 5.97 Å². The first-order valence-electron chi connectivity index (χ1n) is 4.51. The molecule has 0 aliphatic heterocycles. The molecule has 0 fully saturated rings. The maximum absolute atomic E-state index is 11.0. The molecule has 0 spiro atoms. The number of nitrogens with two attached hydrogens (primary N) is 2. The number of aryl methyl sites for hydroxylation is 1. The average molecular weight is 192 g/mol. The first-order chi connectivity index (χ1) is 6.61. The van der Waals surface area contributed by atoms with Crippen LogP contribution in [0, 0.1) is 0 Å². The van der Waals surface area contributed by atoms with Crippen LogP contribution in [-0.2, 0) is 6.42 Å². The Morgan fingerprint density at radius 3 is 2.86 bits per heavy atom. The molecular formula is C10H12N2O2. The van der Waals surface area contributed by atoms with Crippen molar-refractivity contribution in [2.24, 2.45) is 5.73 Å². The summed E-state index contributed by atoms with van der Waals surface area (Å²) in [6, 6.07) is 3.32. The highest BCUT2D eigenvalue weighted by atomic mass is 16.4. The smallest absolute Gasteiger partial charge is 0.338 e. The van der Waals surface area contributed by atoms with Crippen molar-refractivity contribution in [3.05, 3.63) is 28.8 Å². The van der Waals surface area contributed by atoms with Gasteiger partial charge in [-0.05, 0) is 30.0 Å². The van der Waals surface area contributed by atoms with Gasteiger partial charge in [0.25, 0.3) is 0 Å². The lowest BCUT2D eigenvalue weighted by atomic mass is 9.99. The molecule has 1 aliphatic rings. The summed E-state index contributed by atoms with van der Waals surface area (Å²) in [6.45, 7) is 0. The zero-order valence-corrected chi connectivity index (χ0v) is 7.66. The molecule has 1 atom stereocenters. The van der Waals surface area contributed by atoms with Crippen molar-refractivity contribution in [3.63, 3.8) is 0 Å². The van der Waals surface area contributed by atoms with Gasteiger partial charge in [-0.3, -0.25) is 0 Å². The summed E-state index contributed by atoms with van der Waals surface area (Å²) in [5.74, 6) is -0.989. The normalized spacial score (nSPS) is 19.4. The molecule has 2 rings (SSSR count). The summed E-state index contributed by atoms with van der Waals surface area (Å²) < 4.78 is 0. The van der Waals surface area contributed by atoms with E-state index < -0.39 is 5.97 Å². The van der Waals surface area contributed by atoms with E-state index in [0.717, 1.165) is 24.0 Å². The molecule has 0 saturated carbocycles. The van der Waals surface area contributed by atoms with Crippen LogP contribution >= 0.6 is 0 Å². The highest BCUT2D eigenvalue weighted by Crippen LogP contribution is 2.34. The van der Waals surface area contributed by atoms with Crippen molar-refractivity contribution < 1.29 is 9.90 Å². The minimum Gasteiger partial charge on any atom is -0.478 e. The van der Waals surface area contributed by atoms with E-state index >= 15 is 0 Å². The van der Waals surface area contributed by atoms with Crippen LogP contribution in [0.15, 0.2) is 12.1 Å². The number of nitrogen functional groups attached to an aromatic ring is 1. The highest BCUT2D eigenvalue weighted by Gasteiger charge is 2.26. The monoisotopic (exact) mass is 192 g/mol. The fourth-order valence-corrected chi connectivity index (χ4v) is 2.02. The van der Waals surface area contributed by atoms with Crippen LogP contribution in [0.4, 0.5) is 5.69 Å². The zero-order valence-electron chi connectivity index (χ0n) is 7.66. The molecule has 74 valence electrons. The topological polar surface area (TPSA) is 89.3 Å². The average Bonchev–Trinajstić information content (AvgIpc) is 2.47. The number of fused-ring (bicyclic) bond motifs is 1. The standard InChI is InChI=1S/C10H12N2O2/c11-6-3-1-5-2-4-7(12)9(8(5)6)10(13)14/h2,4,6H,1,3,11-12H2,(H,13,14)/t6-/m0/s1. The summed E-state index contributed by atoms with van der Waals surface area (Å²) in [5.41, 5.74) is 13.7. The quantitative estimate of drug-likeness (QED) is 0.577. The summed E-state index contributed by atoms with van der Waals surface area (Å²) in [6.07, 6.45) is 1.65. The van der Waals surface area contributed by atoms with Crippen molar-refractivity contribution in [3.8, 4) is 0 Å². The molecule has 14 heavy (non-hydrogen) atoms. The second-order valence-electron chi connectivity index (χ2n) is 3.55. The summed E-state index contributed by atoms with van der Waals surface area (Å²) in [5, 5.41) is 9.01. The Balaban J connectivity index is 2.68. The molecule has 1 aliphatic carbocycles. The fraction of sp³-hybridized carbons (Fsp3) is 0.300. The number of hydrogen-bond acceptors (Lipinski definition) is 3. The van der Waals surface area contributed by atoms with E-state index in [4.69, 9.17) is 16.6 Å². The second kappa shape index (κ2) is 2.99. The van der Waals surface area contributed by atoms with E-state index in [-0.39, 0.29) is 11.6 Å². The van der Waals surface area contributed by atoms with Crippen molar-refractivity contribution in [2.45, 2.75) is 18.9 Å². The van der Waals surface area contributed by atoms with Gasteiger partial charge in [0.2, 0.25) is 0 Å². The highest BCUT2D eigenvalue weighted by molar-refractivity contribution is 5.96. The number of anilines is 1. The van der Waals surface area contributed by atoms with Gasteiger partial charge in [-0.25, -0.2) is 4.79 Å². The molecule has 0 amide bonds. The molecule has 4 heteroatoms. The Bertz CT molecular complexity index is 401. The minimum absolute atomic E-state index is 0.181. The van der Waals surface area contributed by atoms with Crippen molar-refractivity contribution in [1.29, 1.82) is 0 Å². The lowest BCUT2D eigenvalue weighted by Crippen LogP contribution is -2.13. The molecule has 1 aromatic carbocycles. The Morgan fingerprint density at radius 1 is 1.50 bits per heavy atom. The van der Waals surface area contributed by atoms with Crippen LogP contribution < -0.4 is 11.5 Å². The zero-order chi connectivity index (χ0) is 10.3. The van der Waals surface area contributed by atoms with Gasteiger partial charge < -0.3 is 16.6 Å². The third-order valence-corrected chi connectivity index (χ3v) is 2.68. The SMILES string of the molecule is Nc1ccc2c(c1C(=O)O)[C@@H](N)CC2. The number of hydrogen-bond donors (Lipinski definition) is 3. The van der Waals surface area contributed by atoms with Crippen LogP contribution in [0.3, 0.4) is 0 Å². The Kier molecular flexibility index (Phi) is 1.93. The van der Waals surface area contributed by atoms with Gasteiger partial charge in [0.15, 0.2) is 0 Å². The van der Waals surface area contributed by atoms with Crippen molar-refractivity contribution >= 4 is 11.7 Å². The van der Waals surface area contributed by atoms with Crippen LogP contribution in [0.2, 0.25) is 0 Å². The summed E-state index contributed by atoms with van der Waals surface area (Å²) >= 11 is 0. The number of carboxylic acid groups (broad SMARTS) is 1. The predicted octanol–water partition coefficient (Wildman–Crippen LogP) is 0.913. The summed E-state index contributed by atoms with van der Waals surface area (Å²) in [7, 11) is 0. The first kappa shape index (κ1) is 9.02. The van der Waals surface area contributed by atoms with Gasteiger partial charge in [-0.1, -0.05) is 6.07 Å². The van der Waals surface area contributed by atoms with Crippen LogP contribution in [-0.4, -0.2) is 11.1 Å². The lowest BCUT2D eigenvalue weighted by Gasteiger charge is -2.11. The van der Waals surface area contributed by atoms with E-state index in [2.05, 4.69) is 0 Å². The van der Waals surface area contributed by atoms with Crippen LogP contribution in [0.1, 0.15) is 33.9 Å². The molecule has 5 N–H and O–H groups in total. The molecule has 0 aromatic heterocycles. The molecule has 0 bridgehead atoms. The molecule has 0 radical (unpaired) electrons. The molecule has 0 unspecified atom stereocenters. The third kappa shape index (κ3) is 1.15. The molecule has 0 saturated heterocycles. The Labute approximate surface area is 81.5 Å². The second-order valence-corrected chi connectivity index (χ2v) is 3.55. The Morgan fingerprint density at radius 2 is 2.21 bits per heavy atom. The van der Waals surface area contributed by atoms with E-state index in [1.165, 1.54) is 0 Å². The number of carboxylic acids is 1. The molecular weight excluding hydrogens is 180 g/mol. The van der Waals surface area contributed by atoms with E-state index in [0.29, 0.717) is 5.69 Å². The Hall–Kier alpha value is -1.55. The molecule has 0 heterocycles. The van der Waals surface area contributed by atoms with Gasteiger partial charge in [-0.2, -0.15) is 0 Å². The third-order valence-electron chi connectivity index (χ3n) is 2.68. The number of aromatic carboxylic acids is 1. The van der Waals surface area contributed by atoms with Gasteiger partial charge in [0, 0.05) is 11.7 Å². The van der Waals surface area contributed by atoms with Crippen molar-refractivity contribution in [2.75, 3.05) is 5.73 Å². The van der Waals surface area contributed by atoms with Gasteiger partial charge in [-0.15, -0.1) is 0 Å². The van der Waals surface area contributed by atoms with Crippen LogP contribution in [0.5, 0.6) is 0 Å². The van der Waals surface area contributed by atoms with E-state index in [1.54, 1.807) is 6.07 Å². The maximum atomic E-state index is 11.0. The lowest BCUT2D eigenvalue weighted by molar-refractivity contribution is 0.0696. The van der Waals surface area contributed by atoms with Gasteiger partial charge in [0.1, 0.15) is 0 Å². The first-order valence-corrected chi connectivity index (χ1v) is 4.51. The van der Waals surface area contributed by atoms with Crippen molar-refractivity contribution in [1.82, 2.24) is 0 Å². The molecule has 1 aromatic rings. The van der Waals surface area contributed by atoms with E-state index in [9.17, 15) is 4.79 Å². The molecule has 4 nitrogen and oxygen atoms in total. The van der Waals surface area contributed by atoms with Gasteiger partial charge in [0.05, 0.1) is 5.56 Å². The maximum Gasteiger partial charge on any atom is 0.338 e. The minimum atomic E-state index is -0.989. The number of rotatable bonds is 1. The number of benzene rings is 1. The summed E-state index contributed by atoms with van der Waals surface area (Å²) in [4.78, 5) is 11.0. The van der Waals surface area contributed by atoms with E-state index in [1.807, 2.05) is 6.07 Å². The predicted molar refractivity (Wildman–Crippen MR) is 53.1 cm³/mol. The fourth-order valence-electron chi connectivity index (χ4n) is 2.02. The largest absolute Gasteiger partial charge is 0.478 e. The van der Waals surface area contributed by atoms with Crippen LogP contribution in [0.25, 0.3) is 0 Å². The number of carbonyl (C=O) groups is 1.